The van der Waals surface area contributed by atoms with Crippen molar-refractivity contribution in [2.45, 2.75) is 6.42 Å². The minimum atomic E-state index is -0.495. The van der Waals surface area contributed by atoms with Crippen LogP contribution in [0.25, 0.3) is 22.3 Å². The lowest BCUT2D eigenvalue weighted by molar-refractivity contribution is 0.400. The highest BCUT2D eigenvalue weighted by molar-refractivity contribution is 5.86. The summed E-state index contributed by atoms with van der Waals surface area (Å²) in [5.41, 5.74) is 1.29. The van der Waals surface area contributed by atoms with Gasteiger partial charge < -0.3 is 24.8 Å². The van der Waals surface area contributed by atoms with E-state index < -0.39 is 5.43 Å². The Morgan fingerprint density at radius 1 is 0.821 bits per heavy atom. The van der Waals surface area contributed by atoms with Crippen LogP contribution in [0, 0.1) is 0 Å². The first-order chi connectivity index (χ1) is 13.4. The van der Waals surface area contributed by atoms with Gasteiger partial charge >= 0.3 is 0 Å². The lowest BCUT2D eigenvalue weighted by atomic mass is 10.00. The van der Waals surface area contributed by atoms with E-state index in [1.54, 1.807) is 6.07 Å². The lowest BCUT2D eigenvalue weighted by Crippen LogP contribution is -2.01. The van der Waals surface area contributed by atoms with Gasteiger partial charge in [-0.15, -0.1) is 0 Å². The fourth-order valence-electron chi connectivity index (χ4n) is 3.17. The molecule has 0 fully saturated rings. The topological polar surface area (TPSA) is 111 Å². The van der Waals surface area contributed by atoms with Gasteiger partial charge in [0.1, 0.15) is 28.2 Å². The van der Waals surface area contributed by atoms with Crippen LogP contribution < -0.4 is 5.43 Å². The van der Waals surface area contributed by atoms with Crippen LogP contribution in [0.1, 0.15) is 11.1 Å². The molecule has 0 radical (unpaired) electrons. The fourth-order valence-corrected chi connectivity index (χ4v) is 3.17. The van der Waals surface area contributed by atoms with Crippen molar-refractivity contribution in [3.05, 3.63) is 82.0 Å². The molecule has 0 spiro atoms. The molecular formula is C22H16O6. The first-order valence-corrected chi connectivity index (χ1v) is 8.51. The van der Waals surface area contributed by atoms with E-state index in [1.807, 2.05) is 30.3 Å². The van der Waals surface area contributed by atoms with E-state index in [0.29, 0.717) is 17.5 Å². The number of benzene rings is 3. The monoisotopic (exact) mass is 376 g/mol. The Morgan fingerprint density at radius 3 is 2.32 bits per heavy atom. The van der Waals surface area contributed by atoms with Crippen molar-refractivity contribution in [1.29, 1.82) is 0 Å². The molecule has 4 aromatic rings. The zero-order valence-corrected chi connectivity index (χ0v) is 14.6. The van der Waals surface area contributed by atoms with Gasteiger partial charge in [0.25, 0.3) is 0 Å². The van der Waals surface area contributed by atoms with Gasteiger partial charge in [0.05, 0.1) is 0 Å². The number of hydrogen-bond acceptors (Lipinski definition) is 6. The summed E-state index contributed by atoms with van der Waals surface area (Å²) in [6, 6.07) is 15.8. The maximum atomic E-state index is 12.4. The molecule has 4 rings (SSSR count). The fraction of sp³-hybridized carbons (Fsp3) is 0.0455. The maximum absolute atomic E-state index is 12.4. The Kier molecular flexibility index (Phi) is 4.16. The van der Waals surface area contributed by atoms with Crippen LogP contribution in [-0.4, -0.2) is 20.4 Å². The van der Waals surface area contributed by atoms with Crippen molar-refractivity contribution >= 4 is 11.0 Å². The summed E-state index contributed by atoms with van der Waals surface area (Å²) in [7, 11) is 0. The van der Waals surface area contributed by atoms with Crippen LogP contribution >= 0.6 is 0 Å². The Hall–Kier alpha value is -3.93. The van der Waals surface area contributed by atoms with E-state index in [2.05, 4.69) is 0 Å². The molecule has 0 aliphatic carbocycles. The summed E-state index contributed by atoms with van der Waals surface area (Å²) in [6.07, 6.45) is 0.369. The molecule has 0 bridgehead atoms. The molecule has 6 nitrogen and oxygen atoms in total. The second-order valence-electron chi connectivity index (χ2n) is 6.48. The zero-order chi connectivity index (χ0) is 19.8. The number of fused-ring (bicyclic) bond motifs is 1. The third-order valence-corrected chi connectivity index (χ3v) is 4.49. The summed E-state index contributed by atoms with van der Waals surface area (Å²) >= 11 is 0. The van der Waals surface area contributed by atoms with Crippen molar-refractivity contribution in [3.8, 4) is 34.3 Å². The summed E-state index contributed by atoms with van der Waals surface area (Å²) < 4.78 is 5.68. The minimum absolute atomic E-state index is 0.0113. The van der Waals surface area contributed by atoms with Crippen molar-refractivity contribution < 1.29 is 24.8 Å². The van der Waals surface area contributed by atoms with Crippen molar-refractivity contribution in [1.82, 2.24) is 0 Å². The quantitative estimate of drug-likeness (QED) is 0.404. The van der Waals surface area contributed by atoms with Gasteiger partial charge in [-0.05, 0) is 17.7 Å². The maximum Gasteiger partial charge on any atom is 0.197 e. The predicted octanol–water partition coefficient (Wildman–Crippen LogP) is 3.87. The molecule has 6 heteroatoms. The zero-order valence-electron chi connectivity index (χ0n) is 14.6. The van der Waals surface area contributed by atoms with Crippen LogP contribution in [0.2, 0.25) is 0 Å². The van der Waals surface area contributed by atoms with Gasteiger partial charge in [0.2, 0.25) is 0 Å². The molecule has 0 aliphatic rings. The van der Waals surface area contributed by atoms with Crippen LogP contribution in [0.15, 0.2) is 69.9 Å². The highest BCUT2D eigenvalue weighted by Gasteiger charge is 2.16. The van der Waals surface area contributed by atoms with E-state index in [9.17, 15) is 25.2 Å². The second-order valence-corrected chi connectivity index (χ2v) is 6.48. The Morgan fingerprint density at radius 2 is 1.57 bits per heavy atom. The third kappa shape index (κ3) is 3.12. The number of aromatic hydroxyl groups is 4. The number of hydrogen-bond donors (Lipinski definition) is 4. The van der Waals surface area contributed by atoms with E-state index in [-0.39, 0.29) is 39.7 Å². The SMILES string of the molecule is O=c1cc(-c2cc(O)c(O)c(Cc3ccccc3)c2)oc2cc(O)cc(O)c12. The first-order valence-electron chi connectivity index (χ1n) is 8.51. The van der Waals surface area contributed by atoms with Gasteiger partial charge in [-0.3, -0.25) is 4.79 Å². The van der Waals surface area contributed by atoms with Gasteiger partial charge in [-0.2, -0.15) is 0 Å². The molecule has 1 aromatic heterocycles. The highest BCUT2D eigenvalue weighted by atomic mass is 16.3. The molecule has 4 N–H and O–H groups in total. The molecule has 0 atom stereocenters. The molecule has 0 amide bonds. The predicted molar refractivity (Wildman–Crippen MR) is 104 cm³/mol. The van der Waals surface area contributed by atoms with E-state index in [4.69, 9.17) is 4.42 Å². The Balaban J connectivity index is 1.86. The van der Waals surface area contributed by atoms with E-state index in [0.717, 1.165) is 11.6 Å². The summed E-state index contributed by atoms with van der Waals surface area (Å²) in [4.78, 5) is 12.4. The first kappa shape index (κ1) is 17.5. The standard InChI is InChI=1S/C22H16O6/c23-15-9-16(24)21-17(25)11-19(28-20(21)10-15)13-7-14(22(27)18(26)8-13)6-12-4-2-1-3-5-12/h1-5,7-11,23-24,26-27H,6H2. The molecule has 0 saturated carbocycles. The molecule has 28 heavy (non-hydrogen) atoms. The van der Waals surface area contributed by atoms with Crippen LogP contribution in [-0.2, 0) is 6.42 Å². The number of phenols is 4. The Bertz CT molecular complexity index is 1240. The van der Waals surface area contributed by atoms with Crippen LogP contribution in [0.5, 0.6) is 23.0 Å². The molecule has 0 unspecified atom stereocenters. The second kappa shape index (κ2) is 6.66. The van der Waals surface area contributed by atoms with Crippen LogP contribution in [0.4, 0.5) is 0 Å². The summed E-state index contributed by atoms with van der Waals surface area (Å²) in [5, 5.41) is 39.9. The van der Waals surface area contributed by atoms with Gasteiger partial charge in [0, 0.05) is 35.7 Å². The average molecular weight is 376 g/mol. The average Bonchev–Trinajstić information content (AvgIpc) is 2.65. The normalized spacial score (nSPS) is 11.0. The molecular weight excluding hydrogens is 360 g/mol. The molecule has 140 valence electrons. The Labute approximate surface area is 159 Å². The smallest absolute Gasteiger partial charge is 0.197 e. The molecule has 1 heterocycles. The summed E-state index contributed by atoms with van der Waals surface area (Å²) in [5.74, 6) is -1.08. The van der Waals surface area contributed by atoms with Crippen molar-refractivity contribution in [2.24, 2.45) is 0 Å². The van der Waals surface area contributed by atoms with Crippen molar-refractivity contribution in [2.75, 3.05) is 0 Å². The summed E-state index contributed by atoms with van der Waals surface area (Å²) in [6.45, 7) is 0. The minimum Gasteiger partial charge on any atom is -0.508 e. The van der Waals surface area contributed by atoms with Crippen molar-refractivity contribution in [3.63, 3.8) is 0 Å². The van der Waals surface area contributed by atoms with E-state index in [1.165, 1.54) is 18.2 Å². The van der Waals surface area contributed by atoms with Gasteiger partial charge in [0.15, 0.2) is 16.9 Å². The molecule has 0 saturated heterocycles. The van der Waals surface area contributed by atoms with E-state index >= 15 is 0 Å². The highest BCUT2D eigenvalue weighted by Crippen LogP contribution is 2.37. The number of rotatable bonds is 3. The molecule has 0 aliphatic heterocycles. The lowest BCUT2D eigenvalue weighted by Gasteiger charge is -2.11. The largest absolute Gasteiger partial charge is 0.508 e. The van der Waals surface area contributed by atoms with Gasteiger partial charge in [-0.25, -0.2) is 0 Å². The molecule has 3 aromatic carbocycles. The van der Waals surface area contributed by atoms with Crippen LogP contribution in [0.3, 0.4) is 0 Å². The van der Waals surface area contributed by atoms with Gasteiger partial charge in [-0.1, -0.05) is 30.3 Å². The third-order valence-electron chi connectivity index (χ3n) is 4.49. The number of phenolic OH excluding ortho intramolecular Hbond substituents is 4.